The van der Waals surface area contributed by atoms with Crippen LogP contribution < -0.4 is 10.2 Å². The minimum Gasteiger partial charge on any atom is -0.370 e. The van der Waals surface area contributed by atoms with E-state index in [0.717, 1.165) is 31.7 Å². The molecule has 0 radical (unpaired) electrons. The second-order valence-corrected chi connectivity index (χ2v) is 7.13. The molecule has 1 aliphatic rings. The van der Waals surface area contributed by atoms with E-state index in [0.29, 0.717) is 10.5 Å². The summed E-state index contributed by atoms with van der Waals surface area (Å²) in [6.07, 6.45) is 1.09. The van der Waals surface area contributed by atoms with Crippen molar-refractivity contribution in [2.24, 2.45) is 5.41 Å². The minimum absolute atomic E-state index is 0.193. The molecule has 0 bridgehead atoms. The molecule has 1 fully saturated rings. The lowest BCUT2D eigenvalue weighted by Crippen LogP contribution is -2.46. The van der Waals surface area contributed by atoms with Crippen LogP contribution in [0.3, 0.4) is 0 Å². The molecule has 1 atom stereocenters. The first kappa shape index (κ1) is 14.8. The summed E-state index contributed by atoms with van der Waals surface area (Å²) in [7, 11) is 0. The predicted molar refractivity (Wildman–Crippen MR) is 82.2 cm³/mol. The van der Waals surface area contributed by atoms with Gasteiger partial charge in [0.2, 0.25) is 0 Å². The van der Waals surface area contributed by atoms with Crippen molar-refractivity contribution < 1.29 is 4.39 Å². The zero-order valence-electron chi connectivity index (χ0n) is 11.8. The molecule has 1 aromatic carbocycles. The summed E-state index contributed by atoms with van der Waals surface area (Å²) in [5.74, 6) is -0.193. The van der Waals surface area contributed by atoms with E-state index < -0.39 is 0 Å². The predicted octanol–water partition coefficient (Wildman–Crippen LogP) is 3.80. The summed E-state index contributed by atoms with van der Waals surface area (Å²) in [5, 5.41) is 3.60. The summed E-state index contributed by atoms with van der Waals surface area (Å²) in [4.78, 5) is 2.28. The van der Waals surface area contributed by atoms with Crippen LogP contribution in [0.25, 0.3) is 0 Å². The van der Waals surface area contributed by atoms with Crippen LogP contribution in [0, 0.1) is 11.2 Å². The van der Waals surface area contributed by atoms with Crippen molar-refractivity contribution in [2.45, 2.75) is 33.2 Å². The van der Waals surface area contributed by atoms with Gasteiger partial charge in [-0.2, -0.15) is 0 Å². The zero-order chi connectivity index (χ0) is 14.0. The van der Waals surface area contributed by atoms with Gasteiger partial charge in [-0.15, -0.1) is 0 Å². The van der Waals surface area contributed by atoms with Gasteiger partial charge >= 0.3 is 0 Å². The zero-order valence-corrected chi connectivity index (χ0v) is 13.4. The fraction of sp³-hybridized carbons (Fsp3) is 0.600. The SMILES string of the molecule is CC(C)(C)C1CN(c2ccc(Br)c(F)c2)CCCN1. The maximum Gasteiger partial charge on any atom is 0.139 e. The van der Waals surface area contributed by atoms with E-state index in [-0.39, 0.29) is 11.2 Å². The molecule has 0 aliphatic carbocycles. The van der Waals surface area contributed by atoms with Gasteiger partial charge in [-0.05, 0) is 52.5 Å². The van der Waals surface area contributed by atoms with Gasteiger partial charge in [-0.25, -0.2) is 4.39 Å². The lowest BCUT2D eigenvalue weighted by molar-refractivity contribution is 0.280. The number of hydrogen-bond acceptors (Lipinski definition) is 2. The third-order valence-corrected chi connectivity index (χ3v) is 4.36. The van der Waals surface area contributed by atoms with Crippen LogP contribution in [0.5, 0.6) is 0 Å². The van der Waals surface area contributed by atoms with E-state index in [1.165, 1.54) is 0 Å². The van der Waals surface area contributed by atoms with Crippen molar-refractivity contribution in [3.8, 4) is 0 Å². The third-order valence-electron chi connectivity index (χ3n) is 3.71. The van der Waals surface area contributed by atoms with Gasteiger partial charge in [-0.3, -0.25) is 0 Å². The highest BCUT2D eigenvalue weighted by molar-refractivity contribution is 9.10. The summed E-state index contributed by atoms with van der Waals surface area (Å²) in [6, 6.07) is 5.81. The van der Waals surface area contributed by atoms with Crippen molar-refractivity contribution in [1.82, 2.24) is 5.32 Å². The van der Waals surface area contributed by atoms with Crippen LogP contribution >= 0.6 is 15.9 Å². The number of benzene rings is 1. The molecule has 1 saturated heterocycles. The van der Waals surface area contributed by atoms with E-state index in [1.807, 2.05) is 6.07 Å². The van der Waals surface area contributed by atoms with Gasteiger partial charge < -0.3 is 10.2 Å². The fourth-order valence-electron chi connectivity index (χ4n) is 2.42. The second kappa shape index (κ2) is 5.80. The van der Waals surface area contributed by atoms with E-state index in [2.05, 4.69) is 46.9 Å². The topological polar surface area (TPSA) is 15.3 Å². The monoisotopic (exact) mass is 328 g/mol. The Kier molecular flexibility index (Phi) is 4.51. The smallest absolute Gasteiger partial charge is 0.139 e. The number of anilines is 1. The van der Waals surface area contributed by atoms with Crippen molar-refractivity contribution in [1.29, 1.82) is 0 Å². The van der Waals surface area contributed by atoms with Crippen molar-refractivity contribution in [2.75, 3.05) is 24.5 Å². The van der Waals surface area contributed by atoms with Gasteiger partial charge in [0.1, 0.15) is 5.82 Å². The Labute approximate surface area is 123 Å². The molecule has 19 heavy (non-hydrogen) atoms. The quantitative estimate of drug-likeness (QED) is 0.843. The van der Waals surface area contributed by atoms with Gasteiger partial charge in [-0.1, -0.05) is 20.8 Å². The number of nitrogens with zero attached hydrogens (tertiary/aromatic N) is 1. The Balaban J connectivity index is 2.20. The molecule has 1 aromatic rings. The first-order valence-electron chi connectivity index (χ1n) is 6.81. The summed E-state index contributed by atoms with van der Waals surface area (Å²) < 4.78 is 14.2. The molecule has 4 heteroatoms. The number of halogens is 2. The molecule has 1 N–H and O–H groups in total. The molecule has 0 spiro atoms. The van der Waals surface area contributed by atoms with E-state index in [9.17, 15) is 4.39 Å². The molecule has 1 aliphatic heterocycles. The van der Waals surface area contributed by atoms with E-state index >= 15 is 0 Å². The number of hydrogen-bond donors (Lipinski definition) is 1. The van der Waals surface area contributed by atoms with Crippen molar-refractivity contribution in [3.05, 3.63) is 28.5 Å². The molecule has 0 aromatic heterocycles. The maximum absolute atomic E-state index is 13.7. The van der Waals surface area contributed by atoms with Crippen molar-refractivity contribution >= 4 is 21.6 Å². The third kappa shape index (κ3) is 3.69. The standard InChI is InChI=1S/C15H22BrFN2/c1-15(2,3)14-10-19(8-4-7-18-14)11-5-6-12(16)13(17)9-11/h5-6,9,14,18H,4,7-8,10H2,1-3H3. The lowest BCUT2D eigenvalue weighted by Gasteiger charge is -2.34. The van der Waals surface area contributed by atoms with E-state index in [1.54, 1.807) is 12.1 Å². The lowest BCUT2D eigenvalue weighted by atomic mass is 9.86. The Morgan fingerprint density at radius 3 is 2.74 bits per heavy atom. The van der Waals surface area contributed by atoms with Crippen LogP contribution in [-0.2, 0) is 0 Å². The highest BCUT2D eigenvalue weighted by Crippen LogP contribution is 2.27. The van der Waals surface area contributed by atoms with Crippen LogP contribution in [0.4, 0.5) is 10.1 Å². The second-order valence-electron chi connectivity index (χ2n) is 6.27. The molecule has 1 heterocycles. The largest absolute Gasteiger partial charge is 0.370 e. The maximum atomic E-state index is 13.7. The highest BCUT2D eigenvalue weighted by Gasteiger charge is 2.28. The number of nitrogens with one attached hydrogen (secondary N) is 1. The number of rotatable bonds is 1. The molecular formula is C15H22BrFN2. The molecule has 2 rings (SSSR count). The van der Waals surface area contributed by atoms with Gasteiger partial charge in [0.25, 0.3) is 0 Å². The Hall–Kier alpha value is -0.610. The first-order valence-corrected chi connectivity index (χ1v) is 7.60. The van der Waals surface area contributed by atoms with E-state index in [4.69, 9.17) is 0 Å². The average Bonchev–Trinajstić information content (AvgIpc) is 2.58. The summed E-state index contributed by atoms with van der Waals surface area (Å²) in [6.45, 7) is 9.66. The van der Waals surface area contributed by atoms with Crippen molar-refractivity contribution in [3.63, 3.8) is 0 Å². The van der Waals surface area contributed by atoms with Crippen LogP contribution in [0.2, 0.25) is 0 Å². The molecule has 0 amide bonds. The molecule has 2 nitrogen and oxygen atoms in total. The Morgan fingerprint density at radius 1 is 1.37 bits per heavy atom. The van der Waals surface area contributed by atoms with Crippen LogP contribution in [-0.4, -0.2) is 25.7 Å². The molecule has 106 valence electrons. The molecule has 0 saturated carbocycles. The Bertz CT molecular complexity index is 442. The normalized spacial score (nSPS) is 21.3. The Morgan fingerprint density at radius 2 is 2.11 bits per heavy atom. The highest BCUT2D eigenvalue weighted by atomic mass is 79.9. The average molecular weight is 329 g/mol. The van der Waals surface area contributed by atoms with Gasteiger partial charge in [0.15, 0.2) is 0 Å². The summed E-state index contributed by atoms with van der Waals surface area (Å²) in [5.41, 5.74) is 1.18. The first-order chi connectivity index (χ1) is 8.88. The van der Waals surface area contributed by atoms with Gasteiger partial charge in [0, 0.05) is 24.8 Å². The molecule has 1 unspecified atom stereocenters. The van der Waals surface area contributed by atoms with Crippen LogP contribution in [0.15, 0.2) is 22.7 Å². The fourth-order valence-corrected chi connectivity index (χ4v) is 2.67. The summed E-state index contributed by atoms with van der Waals surface area (Å²) >= 11 is 3.21. The molecular weight excluding hydrogens is 307 g/mol. The van der Waals surface area contributed by atoms with Gasteiger partial charge in [0.05, 0.1) is 4.47 Å². The van der Waals surface area contributed by atoms with Crippen LogP contribution in [0.1, 0.15) is 27.2 Å². The minimum atomic E-state index is -0.193.